The van der Waals surface area contributed by atoms with E-state index in [0.29, 0.717) is 12.2 Å². The molecule has 1 N–H and O–H groups in total. The quantitative estimate of drug-likeness (QED) is 0.747. The largest absolute Gasteiger partial charge is 0.497 e. The van der Waals surface area contributed by atoms with Crippen LogP contribution in [0.2, 0.25) is 0 Å². The summed E-state index contributed by atoms with van der Waals surface area (Å²) in [5, 5.41) is 3.17. The molecule has 1 heterocycles. The Bertz CT molecular complexity index is 820. The number of amides is 1. The molecule has 28 heavy (non-hydrogen) atoms. The summed E-state index contributed by atoms with van der Waals surface area (Å²) in [6, 6.07) is 13.6. The first-order valence-corrected chi connectivity index (χ1v) is 10.4. The summed E-state index contributed by atoms with van der Waals surface area (Å²) in [5.41, 5.74) is 1.79. The summed E-state index contributed by atoms with van der Waals surface area (Å²) in [4.78, 5) is 12.6. The highest BCUT2D eigenvalue weighted by Gasteiger charge is 2.34. The summed E-state index contributed by atoms with van der Waals surface area (Å²) in [7, 11) is 3.29. The van der Waals surface area contributed by atoms with E-state index in [4.69, 9.17) is 14.2 Å². The molecule has 2 aromatic carbocycles. The summed E-state index contributed by atoms with van der Waals surface area (Å²) in [6.07, 6.45) is 0.710. The lowest BCUT2D eigenvalue weighted by Gasteiger charge is -2.38. The molecule has 3 rings (SSSR count). The molecule has 0 spiro atoms. The lowest BCUT2D eigenvalue weighted by Crippen LogP contribution is -2.41. The fraction of sp³-hybridized carbons (Fsp3) is 0.409. The van der Waals surface area contributed by atoms with Crippen molar-refractivity contribution in [1.82, 2.24) is 5.32 Å². The van der Waals surface area contributed by atoms with Crippen molar-refractivity contribution in [2.75, 3.05) is 20.0 Å². The van der Waals surface area contributed by atoms with Crippen LogP contribution in [0.3, 0.4) is 0 Å². The smallest absolute Gasteiger partial charge is 0.230 e. The Morgan fingerprint density at radius 1 is 1.14 bits per heavy atom. The number of ether oxygens (including phenoxy) is 3. The Hall–Kier alpha value is -2.34. The standard InChI is InChI=1S/C22H27NO4S/c1-22(2)12-19(18-11-17(26-4)9-10-20(18)27-22)23-21(24)14-28-13-15-5-7-16(25-3)8-6-15/h5-11,19H,12-14H2,1-4H3,(H,23,24)/t19-/m1/s1. The van der Waals surface area contributed by atoms with Crippen molar-refractivity contribution in [3.05, 3.63) is 53.6 Å². The van der Waals surface area contributed by atoms with Crippen LogP contribution in [0.5, 0.6) is 17.2 Å². The van der Waals surface area contributed by atoms with Crippen LogP contribution in [0, 0.1) is 0 Å². The highest BCUT2D eigenvalue weighted by Crippen LogP contribution is 2.41. The van der Waals surface area contributed by atoms with Crippen molar-refractivity contribution < 1.29 is 19.0 Å². The van der Waals surface area contributed by atoms with Gasteiger partial charge in [0.1, 0.15) is 22.8 Å². The predicted molar refractivity (Wildman–Crippen MR) is 112 cm³/mol. The molecule has 0 unspecified atom stereocenters. The third-order valence-electron chi connectivity index (χ3n) is 4.67. The molecular formula is C22H27NO4S. The number of methoxy groups -OCH3 is 2. The molecule has 150 valence electrons. The van der Waals surface area contributed by atoms with Crippen LogP contribution >= 0.6 is 11.8 Å². The van der Waals surface area contributed by atoms with Gasteiger partial charge in [0.15, 0.2) is 0 Å². The van der Waals surface area contributed by atoms with Gasteiger partial charge in [0.2, 0.25) is 5.91 Å². The normalized spacial score (nSPS) is 17.2. The van der Waals surface area contributed by atoms with Crippen molar-refractivity contribution in [3.8, 4) is 17.2 Å². The van der Waals surface area contributed by atoms with E-state index >= 15 is 0 Å². The van der Waals surface area contributed by atoms with Crippen LogP contribution in [0.4, 0.5) is 0 Å². The van der Waals surface area contributed by atoms with Gasteiger partial charge in [-0.1, -0.05) is 12.1 Å². The second-order valence-corrected chi connectivity index (χ2v) is 8.42. The second kappa shape index (κ2) is 8.78. The van der Waals surface area contributed by atoms with Crippen molar-refractivity contribution in [2.24, 2.45) is 0 Å². The van der Waals surface area contributed by atoms with Gasteiger partial charge in [-0.25, -0.2) is 0 Å². The molecule has 5 nitrogen and oxygen atoms in total. The lowest BCUT2D eigenvalue weighted by atomic mass is 9.89. The van der Waals surface area contributed by atoms with Gasteiger partial charge in [-0.3, -0.25) is 4.79 Å². The van der Waals surface area contributed by atoms with E-state index in [1.54, 1.807) is 26.0 Å². The number of benzene rings is 2. The Kier molecular flexibility index (Phi) is 6.39. The maximum Gasteiger partial charge on any atom is 0.230 e. The first-order valence-electron chi connectivity index (χ1n) is 9.27. The molecule has 0 saturated carbocycles. The minimum absolute atomic E-state index is 0.0231. The van der Waals surface area contributed by atoms with E-state index in [-0.39, 0.29) is 17.6 Å². The molecule has 1 aliphatic heterocycles. The molecule has 1 aliphatic rings. The summed E-state index contributed by atoms with van der Waals surface area (Å²) < 4.78 is 16.6. The minimum Gasteiger partial charge on any atom is -0.497 e. The van der Waals surface area contributed by atoms with Gasteiger partial charge >= 0.3 is 0 Å². The van der Waals surface area contributed by atoms with Crippen LogP contribution in [0.25, 0.3) is 0 Å². The van der Waals surface area contributed by atoms with Gasteiger partial charge in [0.05, 0.1) is 26.0 Å². The van der Waals surface area contributed by atoms with Crippen LogP contribution in [-0.4, -0.2) is 31.5 Å². The van der Waals surface area contributed by atoms with E-state index < -0.39 is 0 Å². The summed E-state index contributed by atoms with van der Waals surface area (Å²) in [5.74, 6) is 3.60. The fourth-order valence-corrected chi connectivity index (χ4v) is 4.11. The molecule has 1 atom stereocenters. The van der Waals surface area contributed by atoms with Crippen molar-refractivity contribution in [3.63, 3.8) is 0 Å². The van der Waals surface area contributed by atoms with Crippen molar-refractivity contribution in [1.29, 1.82) is 0 Å². The predicted octanol–water partition coefficient (Wildman–Crippen LogP) is 4.36. The van der Waals surface area contributed by atoms with Crippen molar-refractivity contribution in [2.45, 2.75) is 37.7 Å². The Morgan fingerprint density at radius 2 is 1.82 bits per heavy atom. The SMILES string of the molecule is COc1ccc(CSCC(=O)N[C@@H]2CC(C)(C)Oc3ccc(OC)cc32)cc1. The van der Waals surface area contributed by atoms with Gasteiger partial charge in [-0.2, -0.15) is 0 Å². The zero-order valence-electron chi connectivity index (χ0n) is 16.8. The average Bonchev–Trinajstić information content (AvgIpc) is 2.67. The lowest BCUT2D eigenvalue weighted by molar-refractivity contribution is -0.119. The third kappa shape index (κ3) is 5.13. The zero-order chi connectivity index (χ0) is 20.1. The molecule has 0 aromatic heterocycles. The Labute approximate surface area is 170 Å². The number of fused-ring (bicyclic) bond motifs is 1. The molecule has 0 aliphatic carbocycles. The molecule has 2 aromatic rings. The van der Waals surface area contributed by atoms with E-state index in [0.717, 1.165) is 28.6 Å². The van der Waals surface area contributed by atoms with Gasteiger partial charge in [0, 0.05) is 17.7 Å². The van der Waals surface area contributed by atoms with Gasteiger partial charge in [-0.15, -0.1) is 11.8 Å². The molecule has 6 heteroatoms. The first-order chi connectivity index (χ1) is 13.4. The molecular weight excluding hydrogens is 374 g/mol. The van der Waals surface area contributed by atoms with E-state index in [9.17, 15) is 4.79 Å². The van der Waals surface area contributed by atoms with Crippen LogP contribution < -0.4 is 19.5 Å². The van der Waals surface area contributed by atoms with Crippen LogP contribution in [-0.2, 0) is 10.5 Å². The number of thioether (sulfide) groups is 1. The molecule has 1 amide bonds. The number of hydrogen-bond donors (Lipinski definition) is 1. The van der Waals surface area contributed by atoms with E-state index in [1.165, 1.54) is 5.56 Å². The minimum atomic E-state index is -0.338. The average molecular weight is 402 g/mol. The van der Waals surface area contributed by atoms with Crippen molar-refractivity contribution >= 4 is 17.7 Å². The number of carbonyl (C=O) groups is 1. The highest BCUT2D eigenvalue weighted by molar-refractivity contribution is 7.99. The molecule has 0 radical (unpaired) electrons. The Morgan fingerprint density at radius 3 is 2.50 bits per heavy atom. The topological polar surface area (TPSA) is 56.8 Å². The van der Waals surface area contributed by atoms with Gasteiger partial charge in [-0.05, 0) is 49.7 Å². The summed E-state index contributed by atoms with van der Waals surface area (Å²) in [6.45, 7) is 4.08. The first kappa shape index (κ1) is 20.4. The Balaban J connectivity index is 1.59. The van der Waals surface area contributed by atoms with Gasteiger partial charge in [0.25, 0.3) is 0 Å². The van der Waals surface area contributed by atoms with E-state index in [2.05, 4.69) is 5.32 Å². The van der Waals surface area contributed by atoms with Crippen LogP contribution in [0.15, 0.2) is 42.5 Å². The molecule has 0 bridgehead atoms. The third-order valence-corrected chi connectivity index (χ3v) is 5.67. The summed E-state index contributed by atoms with van der Waals surface area (Å²) >= 11 is 1.60. The van der Waals surface area contributed by atoms with Gasteiger partial charge < -0.3 is 19.5 Å². The number of hydrogen-bond acceptors (Lipinski definition) is 5. The van der Waals surface area contributed by atoms with E-state index in [1.807, 2.05) is 56.3 Å². The fourth-order valence-electron chi connectivity index (χ4n) is 3.31. The number of carbonyl (C=O) groups excluding carboxylic acids is 1. The molecule has 0 fully saturated rings. The highest BCUT2D eigenvalue weighted by atomic mass is 32.2. The zero-order valence-corrected chi connectivity index (χ0v) is 17.6. The van der Waals surface area contributed by atoms with Crippen LogP contribution in [0.1, 0.15) is 37.4 Å². The monoisotopic (exact) mass is 401 g/mol. The number of nitrogens with one attached hydrogen (secondary N) is 1. The number of rotatable bonds is 7. The molecule has 0 saturated heterocycles. The maximum atomic E-state index is 12.6. The second-order valence-electron chi connectivity index (χ2n) is 7.43. The maximum absolute atomic E-state index is 12.6.